The van der Waals surface area contributed by atoms with Crippen LogP contribution in [0.1, 0.15) is 62.5 Å². The number of carbonyl (C=O) groups is 2. The number of aromatic nitrogens is 2. The van der Waals surface area contributed by atoms with Crippen LogP contribution in [-0.4, -0.2) is 101 Å². The van der Waals surface area contributed by atoms with Crippen LogP contribution in [0.15, 0.2) is 0 Å². The molecule has 3 saturated heterocycles. The van der Waals surface area contributed by atoms with Crippen molar-refractivity contribution in [3.63, 3.8) is 0 Å². The summed E-state index contributed by atoms with van der Waals surface area (Å²) in [7, 11) is 0. The van der Waals surface area contributed by atoms with Gasteiger partial charge in [0.15, 0.2) is 0 Å². The van der Waals surface area contributed by atoms with Gasteiger partial charge in [0.2, 0.25) is 0 Å². The quantitative estimate of drug-likeness (QED) is 0.610. The van der Waals surface area contributed by atoms with E-state index < -0.39 is 23.9 Å². The predicted molar refractivity (Wildman–Crippen MR) is 136 cm³/mol. The molecule has 0 bridgehead atoms. The highest BCUT2D eigenvalue weighted by Crippen LogP contribution is 2.40. The normalized spacial score (nSPS) is 27.4. The van der Waals surface area contributed by atoms with Crippen molar-refractivity contribution in [2.24, 2.45) is 0 Å². The fraction of sp³-hybridized carbons (Fsp3) is 0.731. The van der Waals surface area contributed by atoms with E-state index in [-0.39, 0.29) is 36.2 Å². The van der Waals surface area contributed by atoms with Crippen molar-refractivity contribution in [1.29, 1.82) is 5.26 Å². The Morgan fingerprint density at radius 3 is 2.84 bits per heavy atom. The Bertz CT molecular complexity index is 1140. The van der Waals surface area contributed by atoms with E-state index in [1.54, 1.807) is 4.90 Å². The molecule has 5 heterocycles. The number of alkyl halides is 1. The van der Waals surface area contributed by atoms with Gasteiger partial charge in [-0.3, -0.25) is 9.69 Å². The minimum Gasteiger partial charge on any atom is -0.461 e. The molecule has 0 radical (unpaired) electrons. The first-order valence-corrected chi connectivity index (χ1v) is 13.4. The van der Waals surface area contributed by atoms with E-state index in [9.17, 15) is 19.2 Å². The molecule has 3 fully saturated rings. The van der Waals surface area contributed by atoms with Gasteiger partial charge in [0.25, 0.3) is 5.91 Å². The van der Waals surface area contributed by atoms with Gasteiger partial charge < -0.3 is 24.6 Å². The second kappa shape index (κ2) is 10.2. The number of carbonyl (C=O) groups excluding carboxylic acids is 2. The fourth-order valence-corrected chi connectivity index (χ4v) is 6.12. The predicted octanol–water partition coefficient (Wildman–Crippen LogP) is 2.06. The monoisotopic (exact) mass is 529 g/mol. The highest BCUT2D eigenvalue weighted by atomic mass is 19.1. The number of nitriles is 1. The molecule has 5 rings (SSSR count). The van der Waals surface area contributed by atoms with Crippen LogP contribution in [-0.2, 0) is 11.2 Å². The van der Waals surface area contributed by atoms with Gasteiger partial charge in [-0.2, -0.15) is 15.2 Å². The van der Waals surface area contributed by atoms with Crippen molar-refractivity contribution in [3.8, 4) is 12.1 Å². The van der Waals surface area contributed by atoms with Crippen molar-refractivity contribution >= 4 is 17.8 Å². The Hall–Kier alpha value is -3.20. The molecule has 38 heavy (non-hydrogen) atoms. The zero-order valence-electron chi connectivity index (χ0n) is 22.3. The summed E-state index contributed by atoms with van der Waals surface area (Å²) in [6, 6.07) is 1.87. The summed E-state index contributed by atoms with van der Waals surface area (Å²) in [6.07, 6.45) is 1.65. The molecule has 0 aromatic carbocycles. The molecule has 0 spiro atoms. The molecule has 4 aliphatic heterocycles. The van der Waals surface area contributed by atoms with Crippen molar-refractivity contribution in [2.75, 3.05) is 50.8 Å². The van der Waals surface area contributed by atoms with Gasteiger partial charge in [0.05, 0.1) is 24.1 Å². The lowest BCUT2D eigenvalue weighted by molar-refractivity contribution is 0.0144. The van der Waals surface area contributed by atoms with Gasteiger partial charge in [-0.25, -0.2) is 9.18 Å². The summed E-state index contributed by atoms with van der Waals surface area (Å²) in [5.74, 6) is 0.299. The van der Waals surface area contributed by atoms with Gasteiger partial charge >= 0.3 is 12.1 Å². The molecular weight excluding hydrogens is 493 g/mol. The van der Waals surface area contributed by atoms with Gasteiger partial charge in [0, 0.05) is 44.7 Å². The molecular formula is C26H36FN7O4. The van der Waals surface area contributed by atoms with Crippen LogP contribution in [0.3, 0.4) is 0 Å². The van der Waals surface area contributed by atoms with Crippen LogP contribution in [0.5, 0.6) is 6.01 Å². The number of hydrogen-bond acceptors (Lipinski definition) is 9. The lowest BCUT2D eigenvalue weighted by atomic mass is 9.95. The third kappa shape index (κ3) is 5.21. The average molecular weight is 530 g/mol. The Morgan fingerprint density at radius 1 is 1.26 bits per heavy atom. The Labute approximate surface area is 222 Å². The van der Waals surface area contributed by atoms with Crippen molar-refractivity contribution in [2.45, 2.75) is 76.2 Å². The Balaban J connectivity index is 1.40. The van der Waals surface area contributed by atoms with E-state index in [4.69, 9.17) is 14.5 Å². The average Bonchev–Trinajstić information content (AvgIpc) is 3.37. The van der Waals surface area contributed by atoms with Gasteiger partial charge in [-0.05, 0) is 46.6 Å². The first kappa shape index (κ1) is 26.4. The summed E-state index contributed by atoms with van der Waals surface area (Å²) in [4.78, 5) is 40.6. The standard InChI is InChI=1S/C26H36FN7O4/c1-25(2,3)38-24(36)34-12-11-32(15-18(34)5-8-28)21-19-6-9-29-22(35)20(19)30-23(31-21)37-16-26-7-4-10-33(26)14-17(27)13-26/h17-18H,4-7,9-16H2,1-3H3,(H,29,35)/t17-,18+,26+/m1/s1. The van der Waals surface area contributed by atoms with Crippen LogP contribution in [0.25, 0.3) is 0 Å². The minimum atomic E-state index is -0.872. The lowest BCUT2D eigenvalue weighted by Crippen LogP contribution is -2.56. The maximum atomic E-state index is 14.2. The van der Waals surface area contributed by atoms with E-state index in [2.05, 4.69) is 21.3 Å². The molecule has 1 N–H and O–H groups in total. The van der Waals surface area contributed by atoms with E-state index >= 15 is 0 Å². The van der Waals surface area contributed by atoms with Gasteiger partial charge in [0.1, 0.15) is 29.9 Å². The van der Waals surface area contributed by atoms with Gasteiger partial charge in [-0.1, -0.05) is 0 Å². The minimum absolute atomic E-state index is 0.0886. The third-order valence-corrected chi connectivity index (χ3v) is 7.81. The first-order valence-electron chi connectivity index (χ1n) is 13.4. The van der Waals surface area contributed by atoms with E-state index in [0.717, 1.165) is 24.9 Å². The molecule has 0 saturated carbocycles. The van der Waals surface area contributed by atoms with Gasteiger partial charge in [-0.15, -0.1) is 0 Å². The molecule has 206 valence electrons. The number of piperazine rings is 1. The van der Waals surface area contributed by atoms with Crippen molar-refractivity contribution in [3.05, 3.63) is 11.3 Å². The SMILES string of the molecule is CC(C)(C)OC(=O)N1CCN(c2nc(OC[C@@]34CCCN3C[C@H](F)C4)nc3c2CCNC3=O)C[C@@H]1CC#N. The Kier molecular flexibility index (Phi) is 7.07. The third-order valence-electron chi connectivity index (χ3n) is 7.81. The zero-order chi connectivity index (χ0) is 27.1. The number of hydrogen-bond donors (Lipinski definition) is 1. The molecule has 1 aromatic rings. The summed E-state index contributed by atoms with van der Waals surface area (Å²) in [5, 5.41) is 12.3. The number of fused-ring (bicyclic) bond motifs is 2. The second-order valence-electron chi connectivity index (χ2n) is 11.7. The fourth-order valence-electron chi connectivity index (χ4n) is 6.12. The van der Waals surface area contributed by atoms with Crippen molar-refractivity contribution in [1.82, 2.24) is 25.1 Å². The summed E-state index contributed by atoms with van der Waals surface area (Å²) in [6.45, 7) is 8.59. The molecule has 0 aliphatic carbocycles. The van der Waals surface area contributed by atoms with Crippen molar-refractivity contribution < 1.29 is 23.5 Å². The largest absolute Gasteiger partial charge is 0.461 e. The Morgan fingerprint density at radius 2 is 2.08 bits per heavy atom. The molecule has 12 heteroatoms. The van der Waals surface area contributed by atoms with Crippen LogP contribution >= 0.6 is 0 Å². The number of anilines is 1. The number of nitrogens with one attached hydrogen (secondary N) is 1. The number of ether oxygens (including phenoxy) is 2. The van der Waals surface area contributed by atoms with E-state index in [0.29, 0.717) is 51.4 Å². The summed E-state index contributed by atoms with van der Waals surface area (Å²) < 4.78 is 25.9. The highest BCUT2D eigenvalue weighted by Gasteiger charge is 2.49. The topological polar surface area (TPSA) is 124 Å². The first-order chi connectivity index (χ1) is 18.1. The second-order valence-corrected chi connectivity index (χ2v) is 11.7. The van der Waals surface area contributed by atoms with Crippen LogP contribution < -0.4 is 15.0 Å². The van der Waals surface area contributed by atoms with Crippen LogP contribution in [0, 0.1) is 11.3 Å². The molecule has 2 amide bonds. The van der Waals surface area contributed by atoms with E-state index in [1.807, 2.05) is 25.7 Å². The van der Waals surface area contributed by atoms with Crippen LogP contribution in [0.2, 0.25) is 0 Å². The molecule has 4 aliphatic rings. The number of halogens is 1. The number of rotatable bonds is 5. The molecule has 11 nitrogen and oxygen atoms in total. The maximum absolute atomic E-state index is 14.2. The number of nitrogens with zero attached hydrogens (tertiary/aromatic N) is 6. The van der Waals surface area contributed by atoms with Crippen LogP contribution in [0.4, 0.5) is 15.0 Å². The molecule has 0 unspecified atom stereocenters. The zero-order valence-corrected chi connectivity index (χ0v) is 22.3. The maximum Gasteiger partial charge on any atom is 0.410 e. The molecule has 3 atom stereocenters. The number of amides is 2. The van der Waals surface area contributed by atoms with E-state index in [1.165, 1.54) is 0 Å². The summed E-state index contributed by atoms with van der Waals surface area (Å²) >= 11 is 0. The lowest BCUT2D eigenvalue weighted by Gasteiger charge is -2.42. The molecule has 1 aromatic heterocycles. The smallest absolute Gasteiger partial charge is 0.410 e. The summed E-state index contributed by atoms with van der Waals surface area (Å²) in [5.41, 5.74) is -0.00362. The highest BCUT2D eigenvalue weighted by molar-refractivity contribution is 5.96.